The second kappa shape index (κ2) is 7.73. The summed E-state index contributed by atoms with van der Waals surface area (Å²) in [6, 6.07) is 4.00. The average molecular weight is 314 g/mol. The third-order valence-electron chi connectivity index (χ3n) is 3.71. The van der Waals surface area contributed by atoms with Crippen LogP contribution < -0.4 is 5.32 Å². The number of carbonyl (C=O) groups excluding carboxylic acids is 1. The van der Waals surface area contributed by atoms with Gasteiger partial charge >= 0.3 is 0 Å². The van der Waals surface area contributed by atoms with E-state index in [0.717, 1.165) is 39.1 Å². The van der Waals surface area contributed by atoms with Crippen molar-refractivity contribution in [1.82, 2.24) is 15.1 Å². The van der Waals surface area contributed by atoms with Gasteiger partial charge in [0.2, 0.25) is 0 Å². The zero-order valence-corrected chi connectivity index (χ0v) is 13.0. The van der Waals surface area contributed by atoms with Crippen LogP contribution in [0.5, 0.6) is 0 Å². The fourth-order valence-corrected chi connectivity index (χ4v) is 2.51. The minimum atomic E-state index is -0.545. The van der Waals surface area contributed by atoms with Crippen LogP contribution in [0.25, 0.3) is 0 Å². The molecule has 1 aliphatic rings. The number of amides is 1. The molecule has 21 heavy (non-hydrogen) atoms. The topological polar surface area (TPSA) is 35.6 Å². The molecule has 1 aliphatic heterocycles. The van der Waals surface area contributed by atoms with Gasteiger partial charge in [-0.05, 0) is 38.2 Å². The highest BCUT2D eigenvalue weighted by Crippen LogP contribution is 2.14. The van der Waals surface area contributed by atoms with E-state index >= 15 is 0 Å². The number of benzene rings is 1. The van der Waals surface area contributed by atoms with Crippen molar-refractivity contribution < 1.29 is 9.18 Å². The van der Waals surface area contributed by atoms with Crippen LogP contribution in [0.4, 0.5) is 4.39 Å². The van der Waals surface area contributed by atoms with Gasteiger partial charge in [-0.1, -0.05) is 11.6 Å². The molecule has 0 radical (unpaired) electrons. The summed E-state index contributed by atoms with van der Waals surface area (Å²) in [4.78, 5) is 16.6. The number of hydrogen-bond donors (Lipinski definition) is 1. The predicted octanol–water partition coefficient (Wildman–Crippen LogP) is 1.85. The van der Waals surface area contributed by atoms with Gasteiger partial charge in [-0.3, -0.25) is 4.79 Å². The lowest BCUT2D eigenvalue weighted by Crippen LogP contribution is -2.45. The van der Waals surface area contributed by atoms with Crippen LogP contribution in [0.2, 0.25) is 5.02 Å². The van der Waals surface area contributed by atoms with Gasteiger partial charge < -0.3 is 15.1 Å². The van der Waals surface area contributed by atoms with Gasteiger partial charge in [-0.25, -0.2) is 4.39 Å². The van der Waals surface area contributed by atoms with Crippen LogP contribution in [0.3, 0.4) is 0 Å². The normalized spacial score (nSPS) is 16.9. The standard InChI is InChI=1S/C15H21ClFN3O/c1-19-7-9-20(10-8-19)6-2-5-18-15(21)13-11-12(16)3-4-14(13)17/h3-4,11H,2,5-10H2,1H3,(H,18,21). The number of rotatable bonds is 5. The molecule has 0 spiro atoms. The van der Waals surface area contributed by atoms with Gasteiger partial charge in [-0.15, -0.1) is 0 Å². The van der Waals surface area contributed by atoms with Crippen molar-refractivity contribution in [2.24, 2.45) is 0 Å². The summed E-state index contributed by atoms with van der Waals surface area (Å²) >= 11 is 5.78. The first-order valence-electron chi connectivity index (χ1n) is 7.20. The summed E-state index contributed by atoms with van der Waals surface area (Å²) in [6.45, 7) is 5.78. The van der Waals surface area contributed by atoms with E-state index in [4.69, 9.17) is 11.6 Å². The number of likely N-dealkylation sites (N-methyl/N-ethyl adjacent to an activating group) is 1. The number of halogens is 2. The van der Waals surface area contributed by atoms with E-state index in [0.29, 0.717) is 11.6 Å². The van der Waals surface area contributed by atoms with E-state index in [-0.39, 0.29) is 5.56 Å². The lowest BCUT2D eigenvalue weighted by atomic mass is 10.2. The molecule has 4 nitrogen and oxygen atoms in total. The molecule has 1 heterocycles. The van der Waals surface area contributed by atoms with Gasteiger partial charge in [0.25, 0.3) is 5.91 Å². The molecular formula is C15H21ClFN3O. The summed E-state index contributed by atoms with van der Waals surface area (Å²) in [7, 11) is 2.12. The Hall–Kier alpha value is -1.17. The maximum Gasteiger partial charge on any atom is 0.254 e. The van der Waals surface area contributed by atoms with Crippen LogP contribution in [0, 0.1) is 5.82 Å². The monoisotopic (exact) mass is 313 g/mol. The zero-order chi connectivity index (χ0) is 15.2. The summed E-state index contributed by atoms with van der Waals surface area (Å²) in [6.07, 6.45) is 0.859. The van der Waals surface area contributed by atoms with E-state index in [9.17, 15) is 9.18 Å². The quantitative estimate of drug-likeness (QED) is 0.843. The molecule has 0 aliphatic carbocycles. The molecule has 1 saturated heterocycles. The molecule has 0 bridgehead atoms. The minimum absolute atomic E-state index is 0.00194. The highest BCUT2D eigenvalue weighted by molar-refractivity contribution is 6.30. The van der Waals surface area contributed by atoms with Gasteiger partial charge in [0.15, 0.2) is 0 Å². The molecular weight excluding hydrogens is 293 g/mol. The Labute approximate surface area is 129 Å². The first kappa shape index (κ1) is 16.2. The molecule has 2 rings (SSSR count). The highest BCUT2D eigenvalue weighted by Gasteiger charge is 2.14. The number of carbonyl (C=O) groups is 1. The maximum absolute atomic E-state index is 13.5. The number of nitrogens with zero attached hydrogens (tertiary/aromatic N) is 2. The van der Waals surface area contributed by atoms with Crippen LogP contribution >= 0.6 is 11.6 Å². The Bertz CT molecular complexity index is 490. The first-order valence-corrected chi connectivity index (χ1v) is 7.58. The second-order valence-electron chi connectivity index (χ2n) is 5.38. The van der Waals surface area contributed by atoms with Crippen LogP contribution in [0.15, 0.2) is 18.2 Å². The van der Waals surface area contributed by atoms with Gasteiger partial charge in [0.1, 0.15) is 5.82 Å². The van der Waals surface area contributed by atoms with Crippen molar-refractivity contribution in [2.45, 2.75) is 6.42 Å². The van der Waals surface area contributed by atoms with Crippen molar-refractivity contribution in [2.75, 3.05) is 46.3 Å². The molecule has 1 amide bonds. The van der Waals surface area contributed by atoms with Crippen LogP contribution in [0.1, 0.15) is 16.8 Å². The molecule has 1 aromatic carbocycles. The molecule has 116 valence electrons. The Morgan fingerprint density at radius 3 is 2.76 bits per heavy atom. The zero-order valence-electron chi connectivity index (χ0n) is 12.2. The summed E-state index contributed by atoms with van der Waals surface area (Å²) in [5.41, 5.74) is 0.00194. The number of piperazine rings is 1. The molecule has 0 aromatic heterocycles. The van der Waals surface area contributed by atoms with E-state index in [1.165, 1.54) is 18.2 Å². The molecule has 1 fully saturated rings. The predicted molar refractivity (Wildman–Crippen MR) is 82.3 cm³/mol. The van der Waals surface area contributed by atoms with Crippen molar-refractivity contribution >= 4 is 17.5 Å². The fourth-order valence-electron chi connectivity index (χ4n) is 2.34. The van der Waals surface area contributed by atoms with Crippen molar-refractivity contribution in [3.05, 3.63) is 34.6 Å². The SMILES string of the molecule is CN1CCN(CCCNC(=O)c2cc(Cl)ccc2F)CC1. The minimum Gasteiger partial charge on any atom is -0.352 e. The third kappa shape index (κ3) is 4.95. The molecule has 6 heteroatoms. The fraction of sp³-hybridized carbons (Fsp3) is 0.533. The van der Waals surface area contributed by atoms with Crippen LogP contribution in [-0.4, -0.2) is 62.0 Å². The summed E-state index contributed by atoms with van der Waals surface area (Å²) in [5.74, 6) is -0.954. The molecule has 0 atom stereocenters. The van der Waals surface area contributed by atoms with Gasteiger partial charge in [0.05, 0.1) is 5.56 Å². The Morgan fingerprint density at radius 1 is 1.33 bits per heavy atom. The molecule has 0 saturated carbocycles. The molecule has 1 N–H and O–H groups in total. The van der Waals surface area contributed by atoms with E-state index in [2.05, 4.69) is 22.2 Å². The maximum atomic E-state index is 13.5. The Kier molecular flexibility index (Phi) is 5.96. The smallest absolute Gasteiger partial charge is 0.254 e. The van der Waals surface area contributed by atoms with E-state index < -0.39 is 11.7 Å². The highest BCUT2D eigenvalue weighted by atomic mass is 35.5. The Morgan fingerprint density at radius 2 is 2.05 bits per heavy atom. The lowest BCUT2D eigenvalue weighted by molar-refractivity contribution is 0.0945. The molecule has 1 aromatic rings. The van der Waals surface area contributed by atoms with E-state index in [1.807, 2.05) is 0 Å². The summed E-state index contributed by atoms with van der Waals surface area (Å²) in [5, 5.41) is 3.10. The van der Waals surface area contributed by atoms with Crippen molar-refractivity contribution in [3.63, 3.8) is 0 Å². The molecule has 0 unspecified atom stereocenters. The van der Waals surface area contributed by atoms with Crippen molar-refractivity contribution in [1.29, 1.82) is 0 Å². The van der Waals surface area contributed by atoms with Crippen LogP contribution in [-0.2, 0) is 0 Å². The first-order chi connectivity index (χ1) is 10.1. The summed E-state index contributed by atoms with van der Waals surface area (Å²) < 4.78 is 13.5. The number of hydrogen-bond acceptors (Lipinski definition) is 3. The Balaban J connectivity index is 1.71. The largest absolute Gasteiger partial charge is 0.352 e. The number of nitrogens with one attached hydrogen (secondary N) is 1. The second-order valence-corrected chi connectivity index (χ2v) is 5.81. The van der Waals surface area contributed by atoms with Gasteiger partial charge in [-0.2, -0.15) is 0 Å². The lowest BCUT2D eigenvalue weighted by Gasteiger charge is -2.32. The average Bonchev–Trinajstić information content (AvgIpc) is 2.47. The van der Waals surface area contributed by atoms with E-state index in [1.54, 1.807) is 0 Å². The van der Waals surface area contributed by atoms with Gasteiger partial charge in [0, 0.05) is 37.7 Å². The third-order valence-corrected chi connectivity index (χ3v) is 3.94. The van der Waals surface area contributed by atoms with Crippen molar-refractivity contribution in [3.8, 4) is 0 Å².